The molecule has 0 aromatic rings. The fraction of sp³-hybridized carbons (Fsp3) is 0.500. The van der Waals surface area contributed by atoms with Gasteiger partial charge < -0.3 is 10.6 Å². The van der Waals surface area contributed by atoms with Gasteiger partial charge in [0.25, 0.3) is 0 Å². The molecule has 0 bridgehead atoms. The minimum atomic E-state index is -0.383. The molecular formula is C12H19FN2. The molecule has 1 rings (SSSR count). The molecule has 1 atom stereocenters. The van der Waals surface area contributed by atoms with Gasteiger partial charge in [0.1, 0.15) is 5.83 Å². The Bertz CT molecular complexity index is 252. The number of allylic oxidation sites excluding steroid dienone is 2. The second kappa shape index (κ2) is 6.53. The molecule has 2 N–H and O–H groups in total. The maximum absolute atomic E-state index is 12.9. The summed E-state index contributed by atoms with van der Waals surface area (Å²) in [5.41, 5.74) is 0.579. The summed E-state index contributed by atoms with van der Waals surface area (Å²) in [7, 11) is 0. The van der Waals surface area contributed by atoms with E-state index in [1.165, 1.54) is 6.42 Å². The van der Waals surface area contributed by atoms with E-state index in [1.54, 1.807) is 12.2 Å². The van der Waals surface area contributed by atoms with Gasteiger partial charge in [0.2, 0.25) is 0 Å². The van der Waals surface area contributed by atoms with Gasteiger partial charge in [0.05, 0.1) is 0 Å². The zero-order valence-corrected chi connectivity index (χ0v) is 9.06. The van der Waals surface area contributed by atoms with Crippen molar-refractivity contribution in [1.82, 2.24) is 10.6 Å². The predicted octanol–water partition coefficient (Wildman–Crippen LogP) is 1.92. The third-order valence-electron chi connectivity index (χ3n) is 2.55. The van der Waals surface area contributed by atoms with E-state index in [0.29, 0.717) is 18.2 Å². The van der Waals surface area contributed by atoms with E-state index in [0.717, 1.165) is 19.5 Å². The normalized spacial score (nSPS) is 22.5. The van der Waals surface area contributed by atoms with E-state index in [2.05, 4.69) is 23.8 Å². The van der Waals surface area contributed by atoms with E-state index < -0.39 is 0 Å². The fourth-order valence-electron chi connectivity index (χ4n) is 1.67. The number of nitrogens with one attached hydrogen (secondary N) is 2. The first-order valence-electron chi connectivity index (χ1n) is 5.34. The summed E-state index contributed by atoms with van der Waals surface area (Å²) in [6.45, 7) is 9.42. The summed E-state index contributed by atoms with van der Waals surface area (Å²) in [5, 5.41) is 6.61. The van der Waals surface area contributed by atoms with Crippen molar-refractivity contribution in [3.05, 3.63) is 36.7 Å². The van der Waals surface area contributed by atoms with Crippen LogP contribution in [0.3, 0.4) is 0 Å². The zero-order valence-electron chi connectivity index (χ0n) is 9.06. The lowest BCUT2D eigenvalue weighted by molar-refractivity contribution is 0.398. The Kier molecular flexibility index (Phi) is 5.29. The second-order valence-corrected chi connectivity index (χ2v) is 3.76. The Balaban J connectivity index is 2.35. The van der Waals surface area contributed by atoms with Crippen molar-refractivity contribution in [1.29, 1.82) is 0 Å². The molecule has 0 amide bonds. The van der Waals surface area contributed by atoms with Crippen LogP contribution in [0.2, 0.25) is 0 Å². The first-order valence-corrected chi connectivity index (χ1v) is 5.34. The summed E-state index contributed by atoms with van der Waals surface area (Å²) in [5.74, 6) is -0.383. The Hall–Kier alpha value is -0.930. The van der Waals surface area contributed by atoms with E-state index in [-0.39, 0.29) is 5.83 Å². The highest BCUT2D eigenvalue weighted by Crippen LogP contribution is 2.09. The van der Waals surface area contributed by atoms with Crippen LogP contribution in [0.1, 0.15) is 12.8 Å². The van der Waals surface area contributed by atoms with Gasteiger partial charge in [-0.2, -0.15) is 0 Å². The van der Waals surface area contributed by atoms with Crippen LogP contribution in [-0.2, 0) is 0 Å². The van der Waals surface area contributed by atoms with Crippen LogP contribution in [0.25, 0.3) is 0 Å². The van der Waals surface area contributed by atoms with Crippen LogP contribution >= 0.6 is 0 Å². The van der Waals surface area contributed by atoms with Gasteiger partial charge in [-0.1, -0.05) is 25.3 Å². The molecule has 84 valence electrons. The van der Waals surface area contributed by atoms with Gasteiger partial charge >= 0.3 is 0 Å². The lowest BCUT2D eigenvalue weighted by Gasteiger charge is -2.24. The smallest absolute Gasteiger partial charge is 0.120 e. The second-order valence-electron chi connectivity index (χ2n) is 3.76. The highest BCUT2D eigenvalue weighted by Gasteiger charge is 2.12. The average Bonchev–Trinajstić information content (AvgIpc) is 2.25. The third kappa shape index (κ3) is 4.40. The molecule has 1 fully saturated rings. The topological polar surface area (TPSA) is 24.1 Å². The van der Waals surface area contributed by atoms with E-state index in [9.17, 15) is 4.39 Å². The Morgan fingerprint density at radius 3 is 2.93 bits per heavy atom. The molecule has 0 radical (unpaired) electrons. The molecular weight excluding hydrogens is 191 g/mol. The standard InChI is InChI=1S/C12H19FN2/c1-3-5-11(10(2)13)8-15-12-6-4-7-14-9-12/h3,5,12,14-15H,1-2,4,6-9H2/b11-5-. The quantitative estimate of drug-likeness (QED) is 0.677. The van der Waals surface area contributed by atoms with Crippen LogP contribution in [0.4, 0.5) is 4.39 Å². The van der Waals surface area contributed by atoms with Gasteiger partial charge in [-0.15, -0.1) is 0 Å². The molecule has 3 heteroatoms. The lowest BCUT2D eigenvalue weighted by Crippen LogP contribution is -2.43. The molecule has 1 aliphatic heterocycles. The molecule has 1 unspecified atom stereocenters. The number of hydrogen-bond acceptors (Lipinski definition) is 2. The Morgan fingerprint density at radius 2 is 2.40 bits per heavy atom. The van der Waals surface area contributed by atoms with Crippen molar-refractivity contribution in [3.63, 3.8) is 0 Å². The number of piperidine rings is 1. The van der Waals surface area contributed by atoms with Gasteiger partial charge in [-0.3, -0.25) is 0 Å². The number of hydrogen-bond donors (Lipinski definition) is 2. The largest absolute Gasteiger partial charge is 0.315 e. The molecule has 0 saturated carbocycles. The van der Waals surface area contributed by atoms with Crippen LogP contribution in [0.5, 0.6) is 0 Å². The van der Waals surface area contributed by atoms with Crippen molar-refractivity contribution in [2.24, 2.45) is 0 Å². The van der Waals surface area contributed by atoms with Crippen molar-refractivity contribution < 1.29 is 4.39 Å². The van der Waals surface area contributed by atoms with Gasteiger partial charge in [0, 0.05) is 24.7 Å². The van der Waals surface area contributed by atoms with Gasteiger partial charge in [-0.05, 0) is 19.4 Å². The molecule has 15 heavy (non-hydrogen) atoms. The van der Waals surface area contributed by atoms with Crippen LogP contribution in [0.15, 0.2) is 36.7 Å². The van der Waals surface area contributed by atoms with E-state index in [4.69, 9.17) is 0 Å². The van der Waals surface area contributed by atoms with E-state index >= 15 is 0 Å². The average molecular weight is 210 g/mol. The summed E-state index contributed by atoms with van der Waals surface area (Å²) in [6, 6.07) is 0.436. The first-order chi connectivity index (χ1) is 7.24. The van der Waals surface area contributed by atoms with Crippen LogP contribution in [-0.4, -0.2) is 25.7 Å². The fourth-order valence-corrected chi connectivity index (χ4v) is 1.67. The SMILES string of the molecule is C=C/C=C(/CNC1CCCNC1)C(=C)F. The van der Waals surface area contributed by atoms with Gasteiger partial charge in [0.15, 0.2) is 0 Å². The molecule has 1 saturated heterocycles. The minimum Gasteiger partial charge on any atom is -0.315 e. The zero-order chi connectivity index (χ0) is 11.1. The molecule has 1 aliphatic rings. The lowest BCUT2D eigenvalue weighted by atomic mass is 10.1. The maximum atomic E-state index is 12.9. The molecule has 1 heterocycles. The number of halogens is 1. The molecule has 2 nitrogen and oxygen atoms in total. The third-order valence-corrected chi connectivity index (χ3v) is 2.55. The van der Waals surface area contributed by atoms with Crippen molar-refractivity contribution in [2.45, 2.75) is 18.9 Å². The summed E-state index contributed by atoms with van der Waals surface area (Å²) in [4.78, 5) is 0. The van der Waals surface area contributed by atoms with Crippen molar-refractivity contribution in [3.8, 4) is 0 Å². The molecule has 0 spiro atoms. The van der Waals surface area contributed by atoms with Crippen LogP contribution in [0, 0.1) is 0 Å². The van der Waals surface area contributed by atoms with E-state index in [1.807, 2.05) is 0 Å². The Labute approximate surface area is 90.9 Å². The highest BCUT2D eigenvalue weighted by molar-refractivity contribution is 5.27. The molecule has 0 aromatic carbocycles. The maximum Gasteiger partial charge on any atom is 0.120 e. The number of rotatable bonds is 5. The van der Waals surface area contributed by atoms with Crippen LogP contribution < -0.4 is 10.6 Å². The summed E-state index contributed by atoms with van der Waals surface area (Å²) >= 11 is 0. The molecule has 0 aliphatic carbocycles. The minimum absolute atomic E-state index is 0.383. The Morgan fingerprint density at radius 1 is 1.60 bits per heavy atom. The summed E-state index contributed by atoms with van der Waals surface area (Å²) < 4.78 is 12.9. The van der Waals surface area contributed by atoms with Crippen molar-refractivity contribution >= 4 is 0 Å². The van der Waals surface area contributed by atoms with Crippen molar-refractivity contribution in [2.75, 3.05) is 19.6 Å². The highest BCUT2D eigenvalue weighted by atomic mass is 19.1. The summed E-state index contributed by atoms with van der Waals surface area (Å²) in [6.07, 6.45) is 5.56. The monoisotopic (exact) mass is 210 g/mol. The molecule has 0 aromatic heterocycles. The predicted molar refractivity (Wildman–Crippen MR) is 62.4 cm³/mol. The van der Waals surface area contributed by atoms with Gasteiger partial charge in [-0.25, -0.2) is 4.39 Å². The first kappa shape index (κ1) is 12.1.